The molecule has 2 aromatic rings. The first kappa shape index (κ1) is 15.2. The van der Waals surface area contributed by atoms with E-state index in [9.17, 15) is 0 Å². The van der Waals surface area contributed by atoms with Crippen LogP contribution in [0.25, 0.3) is 0 Å². The maximum atomic E-state index is 4.05. The molecular weight excluding hydrogens is 288 g/mol. The van der Waals surface area contributed by atoms with Gasteiger partial charge in [0.2, 0.25) is 0 Å². The summed E-state index contributed by atoms with van der Waals surface area (Å²) in [6.07, 6.45) is 13.8. The second-order valence-corrected chi connectivity index (χ2v) is 6.82. The minimum absolute atomic E-state index is 1.16. The Kier molecular flexibility index (Phi) is 5.54. The van der Waals surface area contributed by atoms with Crippen molar-refractivity contribution >= 4 is 17.4 Å². The Morgan fingerprint density at radius 1 is 0.818 bits per heavy atom. The molecule has 1 N–H and O–H groups in total. The van der Waals surface area contributed by atoms with Gasteiger partial charge in [-0.1, -0.05) is 30.2 Å². The molecule has 1 aromatic heterocycles. The third-order valence-corrected chi connectivity index (χ3v) is 4.94. The highest BCUT2D eigenvalue weighted by Gasteiger charge is 2.04. The second-order valence-electron chi connectivity index (χ2n) is 5.67. The minimum atomic E-state index is 1.16. The zero-order valence-electron chi connectivity index (χ0n) is 12.8. The van der Waals surface area contributed by atoms with Crippen LogP contribution in [0, 0.1) is 0 Å². The molecule has 3 rings (SSSR count). The SMILES string of the molecule is C(Nc1ccc(Sc2ccncc2)cc1)=C1CCCCCC1. The molecule has 0 bridgehead atoms. The van der Waals surface area contributed by atoms with Crippen molar-refractivity contribution in [3.63, 3.8) is 0 Å². The van der Waals surface area contributed by atoms with E-state index in [4.69, 9.17) is 0 Å². The number of anilines is 1. The Hall–Kier alpha value is -1.74. The number of nitrogens with one attached hydrogen (secondary N) is 1. The summed E-state index contributed by atoms with van der Waals surface area (Å²) in [4.78, 5) is 6.51. The van der Waals surface area contributed by atoms with Crippen LogP contribution in [0.3, 0.4) is 0 Å². The van der Waals surface area contributed by atoms with E-state index < -0.39 is 0 Å². The van der Waals surface area contributed by atoms with Crippen LogP contribution in [0.2, 0.25) is 0 Å². The molecule has 1 saturated carbocycles. The normalized spacial score (nSPS) is 15.2. The average molecular weight is 310 g/mol. The number of hydrogen-bond donors (Lipinski definition) is 1. The number of nitrogens with zero attached hydrogens (tertiary/aromatic N) is 1. The summed E-state index contributed by atoms with van der Waals surface area (Å²) < 4.78 is 0. The third kappa shape index (κ3) is 4.63. The molecule has 0 amide bonds. The Morgan fingerprint density at radius 3 is 2.14 bits per heavy atom. The molecule has 22 heavy (non-hydrogen) atoms. The molecule has 1 aliphatic carbocycles. The van der Waals surface area contributed by atoms with Crippen molar-refractivity contribution in [2.24, 2.45) is 0 Å². The zero-order valence-corrected chi connectivity index (χ0v) is 13.6. The molecule has 1 aliphatic rings. The van der Waals surface area contributed by atoms with Crippen molar-refractivity contribution in [2.75, 3.05) is 5.32 Å². The van der Waals surface area contributed by atoms with Crippen LogP contribution in [0.4, 0.5) is 5.69 Å². The van der Waals surface area contributed by atoms with Crippen molar-refractivity contribution in [2.45, 2.75) is 48.3 Å². The summed E-state index contributed by atoms with van der Waals surface area (Å²) in [6, 6.07) is 12.7. The molecule has 0 saturated heterocycles. The van der Waals surface area contributed by atoms with E-state index >= 15 is 0 Å². The minimum Gasteiger partial charge on any atom is -0.362 e. The van der Waals surface area contributed by atoms with E-state index in [2.05, 4.69) is 40.8 Å². The van der Waals surface area contributed by atoms with Crippen LogP contribution in [-0.2, 0) is 0 Å². The van der Waals surface area contributed by atoms with Gasteiger partial charge >= 0.3 is 0 Å². The van der Waals surface area contributed by atoms with Crippen LogP contribution >= 0.6 is 11.8 Å². The third-order valence-electron chi connectivity index (χ3n) is 3.93. The smallest absolute Gasteiger partial charge is 0.0380 e. The number of rotatable bonds is 4. The van der Waals surface area contributed by atoms with Crippen molar-refractivity contribution in [3.05, 3.63) is 60.6 Å². The van der Waals surface area contributed by atoms with E-state index in [0.29, 0.717) is 0 Å². The molecular formula is C19H22N2S. The Balaban J connectivity index is 1.58. The summed E-state index contributed by atoms with van der Waals surface area (Å²) in [5.74, 6) is 0. The largest absolute Gasteiger partial charge is 0.362 e. The van der Waals surface area contributed by atoms with Gasteiger partial charge in [0, 0.05) is 34.1 Å². The number of pyridine rings is 1. The van der Waals surface area contributed by atoms with Gasteiger partial charge in [-0.25, -0.2) is 0 Å². The van der Waals surface area contributed by atoms with Gasteiger partial charge in [0.05, 0.1) is 0 Å². The van der Waals surface area contributed by atoms with E-state index in [1.807, 2.05) is 24.5 Å². The highest BCUT2D eigenvalue weighted by atomic mass is 32.2. The molecule has 2 nitrogen and oxygen atoms in total. The first-order valence-corrected chi connectivity index (χ1v) is 8.84. The number of allylic oxidation sites excluding steroid dienone is 1. The lowest BCUT2D eigenvalue weighted by atomic mass is 10.1. The van der Waals surface area contributed by atoms with Crippen molar-refractivity contribution < 1.29 is 0 Å². The first-order chi connectivity index (χ1) is 10.9. The molecule has 1 heterocycles. The highest BCUT2D eigenvalue weighted by molar-refractivity contribution is 7.99. The van der Waals surface area contributed by atoms with Gasteiger partial charge in [-0.2, -0.15) is 0 Å². The van der Waals surface area contributed by atoms with Gasteiger partial charge in [-0.3, -0.25) is 4.98 Å². The summed E-state index contributed by atoms with van der Waals surface area (Å²) >= 11 is 1.76. The molecule has 114 valence electrons. The van der Waals surface area contributed by atoms with Crippen molar-refractivity contribution in [1.82, 2.24) is 4.98 Å². The van der Waals surface area contributed by atoms with Crippen LogP contribution in [0.1, 0.15) is 38.5 Å². The van der Waals surface area contributed by atoms with Gasteiger partial charge in [0.1, 0.15) is 0 Å². The highest BCUT2D eigenvalue weighted by Crippen LogP contribution is 2.28. The lowest BCUT2D eigenvalue weighted by molar-refractivity contribution is 0.702. The topological polar surface area (TPSA) is 24.9 Å². The summed E-state index contributed by atoms with van der Waals surface area (Å²) in [5, 5.41) is 3.45. The van der Waals surface area contributed by atoms with E-state index in [1.54, 1.807) is 17.3 Å². The predicted molar refractivity (Wildman–Crippen MR) is 94.2 cm³/mol. The van der Waals surface area contributed by atoms with E-state index in [-0.39, 0.29) is 0 Å². The fourth-order valence-electron chi connectivity index (χ4n) is 2.67. The maximum absolute atomic E-state index is 4.05. The second kappa shape index (κ2) is 8.04. The fraction of sp³-hybridized carbons (Fsp3) is 0.316. The zero-order chi connectivity index (χ0) is 15.0. The Bertz CT molecular complexity index is 595. The maximum Gasteiger partial charge on any atom is 0.0380 e. The van der Waals surface area contributed by atoms with Gasteiger partial charge in [-0.05, 0) is 62.1 Å². The lowest BCUT2D eigenvalue weighted by Crippen LogP contribution is -1.91. The van der Waals surface area contributed by atoms with Crippen LogP contribution in [0.5, 0.6) is 0 Å². The van der Waals surface area contributed by atoms with Crippen LogP contribution in [0.15, 0.2) is 70.4 Å². The van der Waals surface area contributed by atoms with Crippen LogP contribution in [-0.4, -0.2) is 4.98 Å². The molecule has 0 atom stereocenters. The van der Waals surface area contributed by atoms with Gasteiger partial charge in [-0.15, -0.1) is 0 Å². The average Bonchev–Trinajstić information content (AvgIpc) is 2.84. The molecule has 0 unspecified atom stereocenters. The summed E-state index contributed by atoms with van der Waals surface area (Å²) in [7, 11) is 0. The molecule has 0 aliphatic heterocycles. The van der Waals surface area contributed by atoms with Crippen LogP contribution < -0.4 is 5.32 Å². The monoisotopic (exact) mass is 310 g/mol. The van der Waals surface area contributed by atoms with Gasteiger partial charge in [0.15, 0.2) is 0 Å². The van der Waals surface area contributed by atoms with Gasteiger partial charge < -0.3 is 5.32 Å². The van der Waals surface area contributed by atoms with Crippen molar-refractivity contribution in [3.8, 4) is 0 Å². The predicted octanol–water partition coefficient (Wildman–Crippen LogP) is 5.88. The lowest BCUT2D eigenvalue weighted by Gasteiger charge is -2.07. The van der Waals surface area contributed by atoms with E-state index in [1.165, 1.54) is 48.3 Å². The molecule has 1 fully saturated rings. The number of benzene rings is 1. The number of hydrogen-bond acceptors (Lipinski definition) is 3. The van der Waals surface area contributed by atoms with Gasteiger partial charge in [0.25, 0.3) is 0 Å². The molecule has 0 radical (unpaired) electrons. The van der Waals surface area contributed by atoms with Crippen molar-refractivity contribution in [1.29, 1.82) is 0 Å². The summed E-state index contributed by atoms with van der Waals surface area (Å²) in [6.45, 7) is 0. The standard InChI is InChI=1S/C19H22N2S/c1-2-4-6-16(5-3-1)15-21-17-7-9-18(10-8-17)22-19-11-13-20-14-12-19/h7-15,21H,1-6H2. The Morgan fingerprint density at radius 2 is 1.45 bits per heavy atom. The Labute approximate surface area is 137 Å². The number of aromatic nitrogens is 1. The molecule has 0 spiro atoms. The molecule has 1 aromatic carbocycles. The van der Waals surface area contributed by atoms with E-state index in [0.717, 1.165) is 5.69 Å². The first-order valence-electron chi connectivity index (χ1n) is 8.02. The fourth-order valence-corrected chi connectivity index (χ4v) is 3.48. The molecule has 3 heteroatoms. The summed E-state index contributed by atoms with van der Waals surface area (Å²) in [5.41, 5.74) is 2.73. The quantitative estimate of drug-likeness (QED) is 0.713.